The summed E-state index contributed by atoms with van der Waals surface area (Å²) >= 11 is 0. The average molecular weight is 356 g/mol. The molecular weight excluding hydrogens is 332 g/mol. The van der Waals surface area contributed by atoms with Crippen LogP contribution >= 0.6 is 0 Å². The molecule has 2 fully saturated rings. The summed E-state index contributed by atoms with van der Waals surface area (Å²) in [7, 11) is 1.24. The topological polar surface area (TPSA) is 179 Å². The Balaban J connectivity index is 2.08. The lowest BCUT2D eigenvalue weighted by atomic mass is 10.0. The Morgan fingerprint density at radius 3 is 1.83 bits per heavy atom. The van der Waals surface area contributed by atoms with E-state index in [1.807, 2.05) is 0 Å². The molecule has 4 unspecified atom stereocenters. The molecule has 2 saturated heterocycles. The van der Waals surface area contributed by atoms with Crippen LogP contribution in [0.1, 0.15) is 0 Å². The monoisotopic (exact) mass is 356 g/mol. The summed E-state index contributed by atoms with van der Waals surface area (Å²) in [6.45, 7) is -0.753. The molecule has 2 heterocycles. The highest BCUT2D eigenvalue weighted by molar-refractivity contribution is 4.90. The summed E-state index contributed by atoms with van der Waals surface area (Å²) in [5.41, 5.74) is 0. The standard InChI is InChI=1S/C13H24O11/c1-21-12-10(19)9(18)7(16)5(3-23-12)24-13-11(20)8(17)6(15)4(14)2-22-13/h4-20H,2-3H2,1H3/t4-,5-,6-,7-,8?,9?,10?,11?,12+,13-/m1/s1. The summed E-state index contributed by atoms with van der Waals surface area (Å²) in [5, 5.41) is 68.7. The Kier molecular flexibility index (Phi) is 6.87. The molecule has 0 spiro atoms. The second kappa shape index (κ2) is 8.29. The molecule has 24 heavy (non-hydrogen) atoms. The minimum absolute atomic E-state index is 0.318. The van der Waals surface area contributed by atoms with Crippen LogP contribution in [-0.4, -0.2) is 117 Å². The molecule has 7 N–H and O–H groups in total. The van der Waals surface area contributed by atoms with E-state index < -0.39 is 68.0 Å². The van der Waals surface area contributed by atoms with E-state index in [2.05, 4.69) is 0 Å². The van der Waals surface area contributed by atoms with E-state index in [0.29, 0.717) is 0 Å². The molecule has 0 saturated carbocycles. The molecule has 0 aromatic carbocycles. The molecule has 2 rings (SSSR count). The maximum atomic E-state index is 10.1. The molecule has 2 aliphatic heterocycles. The fourth-order valence-corrected chi connectivity index (χ4v) is 2.57. The van der Waals surface area contributed by atoms with Crippen molar-refractivity contribution in [2.75, 3.05) is 20.3 Å². The van der Waals surface area contributed by atoms with E-state index in [9.17, 15) is 35.7 Å². The molecule has 2 aliphatic rings. The van der Waals surface area contributed by atoms with Crippen molar-refractivity contribution in [3.05, 3.63) is 0 Å². The molecule has 0 aromatic heterocycles. The molecule has 0 amide bonds. The third kappa shape index (κ3) is 4.03. The van der Waals surface area contributed by atoms with Crippen molar-refractivity contribution in [1.82, 2.24) is 0 Å². The SMILES string of the molecule is CO[C@H]1OC[C@@H](O[C@H]2OC[C@@H](O)[C@@H](O)C(O)C2O)[C@@H](O)C(O)C1O. The zero-order valence-corrected chi connectivity index (χ0v) is 13.0. The van der Waals surface area contributed by atoms with E-state index in [0.717, 1.165) is 0 Å². The Hall–Kier alpha value is -0.440. The third-order valence-electron chi connectivity index (χ3n) is 4.13. The van der Waals surface area contributed by atoms with Crippen molar-refractivity contribution in [2.24, 2.45) is 0 Å². The first-order valence-electron chi connectivity index (χ1n) is 7.45. The minimum atomic E-state index is -1.75. The Morgan fingerprint density at radius 1 is 0.667 bits per heavy atom. The van der Waals surface area contributed by atoms with Crippen LogP contribution < -0.4 is 0 Å². The van der Waals surface area contributed by atoms with E-state index in [-0.39, 0.29) is 6.61 Å². The lowest BCUT2D eigenvalue weighted by molar-refractivity contribution is -0.254. The molecule has 0 aromatic rings. The molecular formula is C13H24O11. The van der Waals surface area contributed by atoms with E-state index in [1.54, 1.807) is 0 Å². The van der Waals surface area contributed by atoms with Gasteiger partial charge in [0, 0.05) is 7.11 Å². The van der Waals surface area contributed by atoms with Gasteiger partial charge in [0.15, 0.2) is 12.6 Å². The van der Waals surface area contributed by atoms with Gasteiger partial charge in [-0.1, -0.05) is 0 Å². The highest BCUT2D eigenvalue weighted by Gasteiger charge is 2.45. The first-order valence-corrected chi connectivity index (χ1v) is 7.45. The van der Waals surface area contributed by atoms with Crippen LogP contribution in [0.3, 0.4) is 0 Å². The predicted octanol–water partition coefficient (Wildman–Crippen LogP) is -4.74. The first kappa shape index (κ1) is 19.9. The molecule has 10 atom stereocenters. The van der Waals surface area contributed by atoms with Crippen molar-refractivity contribution in [3.8, 4) is 0 Å². The lowest BCUT2D eigenvalue weighted by Crippen LogP contribution is -2.51. The molecule has 11 nitrogen and oxygen atoms in total. The highest BCUT2D eigenvalue weighted by Crippen LogP contribution is 2.23. The predicted molar refractivity (Wildman–Crippen MR) is 73.4 cm³/mol. The molecule has 11 heteroatoms. The maximum Gasteiger partial charge on any atom is 0.186 e. The van der Waals surface area contributed by atoms with Gasteiger partial charge in [-0.25, -0.2) is 0 Å². The van der Waals surface area contributed by atoms with Crippen molar-refractivity contribution in [1.29, 1.82) is 0 Å². The van der Waals surface area contributed by atoms with Gasteiger partial charge in [-0.05, 0) is 0 Å². The van der Waals surface area contributed by atoms with Crippen LogP contribution in [0.2, 0.25) is 0 Å². The quantitative estimate of drug-likeness (QED) is 0.258. The van der Waals surface area contributed by atoms with Gasteiger partial charge in [-0.3, -0.25) is 0 Å². The fraction of sp³-hybridized carbons (Fsp3) is 1.00. The molecule has 0 aliphatic carbocycles. The summed E-state index contributed by atoms with van der Waals surface area (Å²) in [4.78, 5) is 0. The summed E-state index contributed by atoms with van der Waals surface area (Å²) in [6.07, 6.45) is -15.3. The van der Waals surface area contributed by atoms with Crippen LogP contribution in [0.25, 0.3) is 0 Å². The van der Waals surface area contributed by atoms with Crippen LogP contribution in [0, 0.1) is 0 Å². The van der Waals surface area contributed by atoms with Crippen LogP contribution in [0.4, 0.5) is 0 Å². The number of hydrogen-bond donors (Lipinski definition) is 7. The largest absolute Gasteiger partial charge is 0.388 e. The Labute approximate surface area is 137 Å². The van der Waals surface area contributed by atoms with E-state index in [1.165, 1.54) is 7.11 Å². The van der Waals surface area contributed by atoms with Gasteiger partial charge >= 0.3 is 0 Å². The van der Waals surface area contributed by atoms with Crippen molar-refractivity contribution < 1.29 is 54.7 Å². The molecule has 0 radical (unpaired) electrons. The van der Waals surface area contributed by atoms with Crippen molar-refractivity contribution in [3.63, 3.8) is 0 Å². The van der Waals surface area contributed by atoms with Gasteiger partial charge in [-0.15, -0.1) is 0 Å². The van der Waals surface area contributed by atoms with Gasteiger partial charge < -0.3 is 54.7 Å². The number of rotatable bonds is 3. The molecule has 0 bridgehead atoms. The third-order valence-corrected chi connectivity index (χ3v) is 4.13. The number of methoxy groups -OCH3 is 1. The number of aliphatic hydroxyl groups excluding tert-OH is 7. The second-order valence-electron chi connectivity index (χ2n) is 5.82. The van der Waals surface area contributed by atoms with Gasteiger partial charge in [-0.2, -0.15) is 0 Å². The maximum absolute atomic E-state index is 10.1. The number of ether oxygens (including phenoxy) is 4. The second-order valence-corrected chi connectivity index (χ2v) is 5.82. The first-order chi connectivity index (χ1) is 11.3. The van der Waals surface area contributed by atoms with Crippen LogP contribution in [0.5, 0.6) is 0 Å². The zero-order valence-electron chi connectivity index (χ0n) is 13.0. The van der Waals surface area contributed by atoms with Crippen LogP contribution in [-0.2, 0) is 18.9 Å². The summed E-state index contributed by atoms with van der Waals surface area (Å²) in [6, 6.07) is 0. The van der Waals surface area contributed by atoms with Crippen molar-refractivity contribution >= 4 is 0 Å². The van der Waals surface area contributed by atoms with E-state index in [4.69, 9.17) is 18.9 Å². The Bertz CT molecular complexity index is 396. The fourth-order valence-electron chi connectivity index (χ4n) is 2.57. The highest BCUT2D eigenvalue weighted by atomic mass is 16.7. The average Bonchev–Trinajstić information content (AvgIpc) is 2.73. The molecule has 142 valence electrons. The Morgan fingerprint density at radius 2 is 1.21 bits per heavy atom. The minimum Gasteiger partial charge on any atom is -0.388 e. The van der Waals surface area contributed by atoms with Gasteiger partial charge in [0.05, 0.1) is 13.2 Å². The number of hydrogen-bond acceptors (Lipinski definition) is 11. The summed E-state index contributed by atoms with van der Waals surface area (Å²) in [5.74, 6) is 0. The smallest absolute Gasteiger partial charge is 0.186 e. The van der Waals surface area contributed by atoms with Gasteiger partial charge in [0.1, 0.15) is 48.8 Å². The normalized spacial score (nSPS) is 51.0. The van der Waals surface area contributed by atoms with Crippen LogP contribution in [0.15, 0.2) is 0 Å². The summed E-state index contributed by atoms with van der Waals surface area (Å²) < 4.78 is 20.5. The lowest BCUT2D eigenvalue weighted by Gasteiger charge is -2.31. The van der Waals surface area contributed by atoms with Crippen molar-refractivity contribution in [2.45, 2.75) is 61.4 Å². The van der Waals surface area contributed by atoms with E-state index >= 15 is 0 Å². The zero-order chi connectivity index (χ0) is 18.0. The van der Waals surface area contributed by atoms with Gasteiger partial charge in [0.2, 0.25) is 0 Å². The number of aliphatic hydroxyl groups is 7. The van der Waals surface area contributed by atoms with Gasteiger partial charge in [0.25, 0.3) is 0 Å².